The molecule has 2 unspecified atom stereocenters. The van der Waals surface area contributed by atoms with Gasteiger partial charge in [-0.25, -0.2) is 0 Å². The van der Waals surface area contributed by atoms with E-state index in [1.165, 1.54) is 25.9 Å². The zero-order valence-electron chi connectivity index (χ0n) is 13.7. The van der Waals surface area contributed by atoms with Gasteiger partial charge in [0.15, 0.2) is 0 Å². The normalized spacial score (nSPS) is 26.6. The molecule has 0 aromatic carbocycles. The third-order valence-corrected chi connectivity index (χ3v) is 4.57. The lowest BCUT2D eigenvalue weighted by molar-refractivity contribution is -0.0246. The second-order valence-corrected chi connectivity index (χ2v) is 6.79. The number of aliphatic hydroxyl groups is 1. The number of rotatable bonds is 8. The molecular weight excluding hydrogens is 268 g/mol. The van der Waals surface area contributed by atoms with Crippen LogP contribution in [-0.2, 0) is 9.47 Å². The van der Waals surface area contributed by atoms with E-state index < -0.39 is 6.10 Å². The van der Waals surface area contributed by atoms with Gasteiger partial charge in [-0.2, -0.15) is 0 Å². The summed E-state index contributed by atoms with van der Waals surface area (Å²) in [5.74, 6) is 0.770. The summed E-state index contributed by atoms with van der Waals surface area (Å²) in [7, 11) is 4.29. The molecule has 21 heavy (non-hydrogen) atoms. The Hall–Kier alpha value is -0.200. The maximum atomic E-state index is 10.0. The third kappa shape index (κ3) is 6.61. The Bertz CT molecular complexity index is 277. The molecule has 2 atom stereocenters. The van der Waals surface area contributed by atoms with Crippen molar-refractivity contribution in [2.24, 2.45) is 5.92 Å². The first-order chi connectivity index (χ1) is 10.1. The topological polar surface area (TPSA) is 45.2 Å². The predicted molar refractivity (Wildman–Crippen MR) is 83.5 cm³/mol. The summed E-state index contributed by atoms with van der Waals surface area (Å²) in [5.41, 5.74) is 0. The zero-order chi connectivity index (χ0) is 15.1. The van der Waals surface area contributed by atoms with E-state index >= 15 is 0 Å². The molecule has 0 aliphatic carbocycles. The summed E-state index contributed by atoms with van der Waals surface area (Å²) < 4.78 is 11.1. The molecule has 0 aromatic heterocycles. The molecule has 0 bridgehead atoms. The molecular formula is C16H32N2O3. The molecule has 2 aliphatic rings. The predicted octanol–water partition coefficient (Wildman–Crippen LogP) is 0.817. The van der Waals surface area contributed by atoms with Crippen LogP contribution >= 0.6 is 0 Å². The number of hydrogen-bond donors (Lipinski definition) is 1. The highest BCUT2D eigenvalue weighted by atomic mass is 16.5. The van der Waals surface area contributed by atoms with Crippen LogP contribution in [0.1, 0.15) is 25.7 Å². The zero-order valence-corrected chi connectivity index (χ0v) is 13.7. The molecule has 2 saturated heterocycles. The molecule has 2 heterocycles. The van der Waals surface area contributed by atoms with E-state index in [-0.39, 0.29) is 6.10 Å². The van der Waals surface area contributed by atoms with E-state index in [2.05, 4.69) is 23.9 Å². The van der Waals surface area contributed by atoms with Crippen molar-refractivity contribution in [3.63, 3.8) is 0 Å². The van der Waals surface area contributed by atoms with Crippen LogP contribution in [0, 0.1) is 5.92 Å². The molecule has 5 nitrogen and oxygen atoms in total. The van der Waals surface area contributed by atoms with Crippen molar-refractivity contribution in [1.29, 1.82) is 0 Å². The molecule has 0 amide bonds. The molecule has 5 heteroatoms. The van der Waals surface area contributed by atoms with Gasteiger partial charge in [0.1, 0.15) is 0 Å². The summed E-state index contributed by atoms with van der Waals surface area (Å²) in [6, 6.07) is 0. The summed E-state index contributed by atoms with van der Waals surface area (Å²) in [5, 5.41) is 10.0. The van der Waals surface area contributed by atoms with Crippen LogP contribution in [0.3, 0.4) is 0 Å². The van der Waals surface area contributed by atoms with Gasteiger partial charge in [0, 0.05) is 19.7 Å². The molecule has 0 spiro atoms. The SMILES string of the molecule is CN1CCC(CN(C)CC(O)COCC2CCCO2)CC1. The van der Waals surface area contributed by atoms with Crippen molar-refractivity contribution in [2.45, 2.75) is 37.9 Å². The van der Waals surface area contributed by atoms with E-state index in [4.69, 9.17) is 9.47 Å². The minimum Gasteiger partial charge on any atom is -0.389 e. The van der Waals surface area contributed by atoms with Crippen LogP contribution in [0.15, 0.2) is 0 Å². The van der Waals surface area contributed by atoms with E-state index in [1.807, 2.05) is 0 Å². The lowest BCUT2D eigenvalue weighted by Crippen LogP contribution is -2.39. The fourth-order valence-corrected chi connectivity index (χ4v) is 3.28. The van der Waals surface area contributed by atoms with Gasteiger partial charge < -0.3 is 24.4 Å². The van der Waals surface area contributed by atoms with Gasteiger partial charge in [-0.15, -0.1) is 0 Å². The average Bonchev–Trinajstić information content (AvgIpc) is 2.94. The number of piperidine rings is 1. The van der Waals surface area contributed by atoms with Gasteiger partial charge >= 0.3 is 0 Å². The summed E-state index contributed by atoms with van der Waals surface area (Å²) >= 11 is 0. The number of hydrogen-bond acceptors (Lipinski definition) is 5. The number of nitrogens with zero attached hydrogens (tertiary/aromatic N) is 2. The third-order valence-electron chi connectivity index (χ3n) is 4.57. The fraction of sp³-hybridized carbons (Fsp3) is 1.00. The van der Waals surface area contributed by atoms with Gasteiger partial charge in [-0.05, 0) is 58.8 Å². The van der Waals surface area contributed by atoms with Crippen molar-refractivity contribution >= 4 is 0 Å². The van der Waals surface area contributed by atoms with Gasteiger partial charge in [-0.1, -0.05) is 0 Å². The molecule has 2 fully saturated rings. The van der Waals surface area contributed by atoms with Crippen molar-refractivity contribution in [3.8, 4) is 0 Å². The maximum absolute atomic E-state index is 10.0. The van der Waals surface area contributed by atoms with Gasteiger partial charge in [-0.3, -0.25) is 0 Å². The molecule has 2 aliphatic heterocycles. The monoisotopic (exact) mass is 300 g/mol. The molecule has 0 aromatic rings. The van der Waals surface area contributed by atoms with Crippen molar-refractivity contribution < 1.29 is 14.6 Å². The van der Waals surface area contributed by atoms with Crippen molar-refractivity contribution in [2.75, 3.05) is 60.1 Å². The van der Waals surface area contributed by atoms with Crippen LogP contribution < -0.4 is 0 Å². The van der Waals surface area contributed by atoms with Crippen LogP contribution in [0.2, 0.25) is 0 Å². The van der Waals surface area contributed by atoms with E-state index in [1.54, 1.807) is 0 Å². The Morgan fingerprint density at radius 1 is 1.33 bits per heavy atom. The van der Waals surface area contributed by atoms with Gasteiger partial charge in [0.2, 0.25) is 0 Å². The first-order valence-corrected chi connectivity index (χ1v) is 8.38. The van der Waals surface area contributed by atoms with Crippen LogP contribution in [0.25, 0.3) is 0 Å². The smallest absolute Gasteiger partial charge is 0.0900 e. The minimum atomic E-state index is -0.400. The van der Waals surface area contributed by atoms with Crippen molar-refractivity contribution in [3.05, 3.63) is 0 Å². The highest BCUT2D eigenvalue weighted by molar-refractivity contribution is 4.73. The van der Waals surface area contributed by atoms with Crippen LogP contribution in [0.5, 0.6) is 0 Å². The van der Waals surface area contributed by atoms with E-state index in [9.17, 15) is 5.11 Å². The average molecular weight is 300 g/mol. The Morgan fingerprint density at radius 2 is 2.10 bits per heavy atom. The van der Waals surface area contributed by atoms with Crippen molar-refractivity contribution in [1.82, 2.24) is 9.80 Å². The van der Waals surface area contributed by atoms with Gasteiger partial charge in [0.05, 0.1) is 25.4 Å². The maximum Gasteiger partial charge on any atom is 0.0900 e. The van der Waals surface area contributed by atoms with Gasteiger partial charge in [0.25, 0.3) is 0 Å². The molecule has 2 rings (SSSR count). The second kappa shape index (κ2) is 9.06. The Balaban J connectivity index is 1.52. The summed E-state index contributed by atoms with van der Waals surface area (Å²) in [4.78, 5) is 4.64. The Labute approximate surface area is 129 Å². The number of likely N-dealkylation sites (N-methyl/N-ethyl adjacent to an activating group) is 1. The number of likely N-dealkylation sites (tertiary alicyclic amines) is 1. The molecule has 0 saturated carbocycles. The van der Waals surface area contributed by atoms with Crippen LogP contribution in [0.4, 0.5) is 0 Å². The molecule has 0 radical (unpaired) electrons. The summed E-state index contributed by atoms with van der Waals surface area (Å²) in [6.45, 7) is 6.06. The van der Waals surface area contributed by atoms with Crippen LogP contribution in [-0.4, -0.2) is 87.2 Å². The fourth-order valence-electron chi connectivity index (χ4n) is 3.28. The second-order valence-electron chi connectivity index (χ2n) is 6.79. The number of ether oxygens (including phenoxy) is 2. The Morgan fingerprint density at radius 3 is 2.76 bits per heavy atom. The van der Waals surface area contributed by atoms with E-state index in [0.29, 0.717) is 19.8 Å². The highest BCUT2D eigenvalue weighted by Crippen LogP contribution is 2.17. The number of aliphatic hydroxyl groups excluding tert-OH is 1. The lowest BCUT2D eigenvalue weighted by Gasteiger charge is -2.32. The minimum absolute atomic E-state index is 0.245. The standard InChI is InChI=1S/C16H32N2O3/c1-17-7-5-14(6-8-17)10-18(2)11-15(19)12-20-13-16-4-3-9-21-16/h14-16,19H,3-13H2,1-2H3. The largest absolute Gasteiger partial charge is 0.389 e. The molecule has 1 N–H and O–H groups in total. The first kappa shape index (κ1) is 17.2. The Kier molecular flexibility index (Phi) is 7.40. The van der Waals surface area contributed by atoms with E-state index in [0.717, 1.165) is 31.9 Å². The summed E-state index contributed by atoms with van der Waals surface area (Å²) in [6.07, 6.45) is 4.61. The first-order valence-electron chi connectivity index (χ1n) is 8.38. The lowest BCUT2D eigenvalue weighted by atomic mass is 9.96. The quantitative estimate of drug-likeness (QED) is 0.719. The molecule has 124 valence electrons. The highest BCUT2D eigenvalue weighted by Gasteiger charge is 2.20.